The molecule has 0 heterocycles. The normalized spacial score (nSPS) is 11.3. The van der Waals surface area contributed by atoms with Gasteiger partial charge in [0.25, 0.3) is 0 Å². The topological polar surface area (TPSA) is 52.0 Å². The van der Waals surface area contributed by atoms with Gasteiger partial charge >= 0.3 is 0 Å². The molecule has 4 N–H and O–H groups in total. The third-order valence-corrected chi connectivity index (χ3v) is 5.98. The first-order valence-electron chi connectivity index (χ1n) is 10.2. The predicted molar refractivity (Wildman–Crippen MR) is 131 cm³/mol. The molecule has 2 heteroatoms. The van der Waals surface area contributed by atoms with Crippen LogP contribution in [0.4, 0.5) is 11.4 Å². The number of fused-ring (bicyclic) bond motifs is 3. The van der Waals surface area contributed by atoms with Gasteiger partial charge in [0.05, 0.1) is 11.4 Å². The van der Waals surface area contributed by atoms with E-state index >= 15 is 0 Å². The van der Waals surface area contributed by atoms with Crippen LogP contribution in [0.3, 0.4) is 0 Å². The number of rotatable bonds is 2. The standard InChI is InChI=1S/C28H24N2/c1-17-7-11-19(12-8-17)21-15-16-23-22-5-3-4-6-24(22)27(29)28(30)26(23)25(21)20-13-9-18(2)10-14-20/h3-16H,29-30H2,1-2H3. The fraction of sp³-hybridized carbons (Fsp3) is 0.0714. The molecule has 0 spiro atoms. The SMILES string of the molecule is Cc1ccc(-c2ccc3c(c(N)c(N)c4ccccc43)c2-c2ccc(C)cc2)cc1. The Morgan fingerprint density at radius 3 is 1.70 bits per heavy atom. The summed E-state index contributed by atoms with van der Waals surface area (Å²) in [6, 6.07) is 29.9. The van der Waals surface area contributed by atoms with Crippen LogP contribution < -0.4 is 11.5 Å². The van der Waals surface area contributed by atoms with Crippen molar-refractivity contribution in [1.82, 2.24) is 0 Å². The van der Waals surface area contributed by atoms with Gasteiger partial charge in [-0.2, -0.15) is 0 Å². The molecule has 5 aromatic rings. The molecule has 0 aliphatic heterocycles. The second kappa shape index (κ2) is 6.93. The van der Waals surface area contributed by atoms with Crippen LogP contribution in [0.15, 0.2) is 84.9 Å². The summed E-state index contributed by atoms with van der Waals surface area (Å²) in [5.41, 5.74) is 21.6. The quantitative estimate of drug-likeness (QED) is 0.192. The van der Waals surface area contributed by atoms with E-state index in [1.807, 2.05) is 12.1 Å². The van der Waals surface area contributed by atoms with Crippen LogP contribution in [0.25, 0.3) is 43.8 Å². The molecule has 0 radical (unpaired) electrons. The minimum Gasteiger partial charge on any atom is -0.397 e. The summed E-state index contributed by atoms with van der Waals surface area (Å²) in [5, 5.41) is 4.28. The maximum atomic E-state index is 6.70. The number of hydrogen-bond acceptors (Lipinski definition) is 2. The number of benzene rings is 5. The number of hydrogen-bond donors (Lipinski definition) is 2. The molecule has 0 aliphatic rings. The van der Waals surface area contributed by atoms with Gasteiger partial charge in [0, 0.05) is 10.8 Å². The summed E-state index contributed by atoms with van der Waals surface area (Å²) in [7, 11) is 0. The van der Waals surface area contributed by atoms with Crippen molar-refractivity contribution in [2.45, 2.75) is 13.8 Å². The Morgan fingerprint density at radius 2 is 1.07 bits per heavy atom. The van der Waals surface area contributed by atoms with Crippen LogP contribution in [0.1, 0.15) is 11.1 Å². The van der Waals surface area contributed by atoms with Crippen LogP contribution in [-0.2, 0) is 0 Å². The molecule has 0 aromatic heterocycles. The molecule has 0 atom stereocenters. The van der Waals surface area contributed by atoms with Gasteiger partial charge in [-0.15, -0.1) is 0 Å². The van der Waals surface area contributed by atoms with Gasteiger partial charge in [-0.1, -0.05) is 96.1 Å². The molecule has 0 unspecified atom stereocenters. The van der Waals surface area contributed by atoms with Gasteiger partial charge < -0.3 is 11.5 Å². The maximum Gasteiger partial charge on any atom is 0.0640 e. The number of nitrogen functional groups attached to an aromatic ring is 2. The van der Waals surface area contributed by atoms with Crippen LogP contribution in [0.2, 0.25) is 0 Å². The average molecular weight is 389 g/mol. The Kier molecular flexibility index (Phi) is 4.22. The lowest BCUT2D eigenvalue weighted by Gasteiger charge is -2.19. The summed E-state index contributed by atoms with van der Waals surface area (Å²) in [6.45, 7) is 4.21. The van der Waals surface area contributed by atoms with Gasteiger partial charge in [-0.25, -0.2) is 0 Å². The van der Waals surface area contributed by atoms with Crippen LogP contribution in [-0.4, -0.2) is 0 Å². The summed E-state index contributed by atoms with van der Waals surface area (Å²) in [5.74, 6) is 0. The number of nitrogens with two attached hydrogens (primary N) is 2. The summed E-state index contributed by atoms with van der Waals surface area (Å²) in [4.78, 5) is 0. The smallest absolute Gasteiger partial charge is 0.0640 e. The Hall–Kier alpha value is -3.78. The first-order valence-corrected chi connectivity index (χ1v) is 10.2. The Labute approximate surface area is 176 Å². The zero-order chi connectivity index (χ0) is 20.8. The van der Waals surface area contributed by atoms with E-state index in [1.54, 1.807) is 0 Å². The largest absolute Gasteiger partial charge is 0.397 e. The minimum atomic E-state index is 0.646. The molecule has 5 aromatic carbocycles. The molecule has 0 aliphatic carbocycles. The van der Waals surface area contributed by atoms with Crippen LogP contribution in [0.5, 0.6) is 0 Å². The van der Waals surface area contributed by atoms with Crippen molar-refractivity contribution in [1.29, 1.82) is 0 Å². The second-order valence-corrected chi connectivity index (χ2v) is 8.02. The van der Waals surface area contributed by atoms with Gasteiger partial charge in [0.1, 0.15) is 0 Å². The third kappa shape index (κ3) is 2.81. The average Bonchev–Trinajstić information content (AvgIpc) is 2.78. The lowest BCUT2D eigenvalue weighted by molar-refractivity contribution is 1.46. The number of anilines is 2. The molecule has 0 saturated heterocycles. The summed E-state index contributed by atoms with van der Waals surface area (Å²) in [6.07, 6.45) is 0. The van der Waals surface area contributed by atoms with Crippen molar-refractivity contribution in [3.8, 4) is 22.3 Å². The molecule has 0 amide bonds. The van der Waals surface area contributed by atoms with Gasteiger partial charge in [-0.05, 0) is 46.9 Å². The second-order valence-electron chi connectivity index (χ2n) is 8.02. The fourth-order valence-electron chi connectivity index (χ4n) is 4.33. The van der Waals surface area contributed by atoms with Gasteiger partial charge in [0.2, 0.25) is 0 Å². The van der Waals surface area contributed by atoms with Gasteiger partial charge in [0.15, 0.2) is 0 Å². The highest BCUT2D eigenvalue weighted by molar-refractivity contribution is 6.24. The zero-order valence-corrected chi connectivity index (χ0v) is 17.2. The van der Waals surface area contributed by atoms with E-state index in [9.17, 15) is 0 Å². The molecule has 2 nitrogen and oxygen atoms in total. The number of aryl methyl sites for hydroxylation is 2. The van der Waals surface area contributed by atoms with E-state index in [4.69, 9.17) is 11.5 Å². The van der Waals surface area contributed by atoms with Crippen molar-refractivity contribution in [2.75, 3.05) is 11.5 Å². The summed E-state index contributed by atoms with van der Waals surface area (Å²) >= 11 is 0. The van der Waals surface area contributed by atoms with Crippen molar-refractivity contribution < 1.29 is 0 Å². The third-order valence-electron chi connectivity index (χ3n) is 5.98. The minimum absolute atomic E-state index is 0.646. The summed E-state index contributed by atoms with van der Waals surface area (Å²) < 4.78 is 0. The Bertz CT molecular complexity index is 1400. The van der Waals surface area contributed by atoms with E-state index < -0.39 is 0 Å². The van der Waals surface area contributed by atoms with Gasteiger partial charge in [-0.3, -0.25) is 0 Å². The van der Waals surface area contributed by atoms with Crippen molar-refractivity contribution >= 4 is 32.9 Å². The molecular weight excluding hydrogens is 364 g/mol. The van der Waals surface area contributed by atoms with E-state index in [-0.39, 0.29) is 0 Å². The lowest BCUT2D eigenvalue weighted by atomic mass is 9.86. The highest BCUT2D eigenvalue weighted by Gasteiger charge is 2.18. The Morgan fingerprint density at radius 1 is 0.500 bits per heavy atom. The molecule has 30 heavy (non-hydrogen) atoms. The fourth-order valence-corrected chi connectivity index (χ4v) is 4.33. The molecule has 146 valence electrons. The highest BCUT2D eigenvalue weighted by Crippen LogP contribution is 2.45. The van der Waals surface area contributed by atoms with Crippen molar-refractivity contribution in [2.24, 2.45) is 0 Å². The van der Waals surface area contributed by atoms with E-state index in [2.05, 4.69) is 86.6 Å². The van der Waals surface area contributed by atoms with Crippen molar-refractivity contribution in [3.05, 3.63) is 96.1 Å². The molecule has 0 bridgehead atoms. The van der Waals surface area contributed by atoms with Crippen molar-refractivity contribution in [3.63, 3.8) is 0 Å². The zero-order valence-electron chi connectivity index (χ0n) is 17.2. The Balaban J connectivity index is 1.97. The monoisotopic (exact) mass is 388 g/mol. The molecule has 0 fully saturated rings. The van der Waals surface area contributed by atoms with Crippen LogP contribution in [0, 0.1) is 13.8 Å². The predicted octanol–water partition coefficient (Wildman–Crippen LogP) is 7.11. The van der Waals surface area contributed by atoms with Crippen LogP contribution >= 0.6 is 0 Å². The van der Waals surface area contributed by atoms with E-state index in [0.717, 1.165) is 38.2 Å². The molecular formula is C28H24N2. The van der Waals surface area contributed by atoms with E-state index in [1.165, 1.54) is 16.7 Å². The maximum absolute atomic E-state index is 6.70. The molecule has 5 rings (SSSR count). The first-order chi connectivity index (χ1) is 14.5. The highest BCUT2D eigenvalue weighted by atomic mass is 14.7. The molecule has 0 saturated carbocycles. The first kappa shape index (κ1) is 18.3. The lowest BCUT2D eigenvalue weighted by Crippen LogP contribution is -2.00. The van der Waals surface area contributed by atoms with E-state index in [0.29, 0.717) is 11.4 Å².